The molecule has 0 aliphatic carbocycles. The van der Waals surface area contributed by atoms with Gasteiger partial charge in [0, 0.05) is 25.5 Å². The van der Waals surface area contributed by atoms with E-state index in [4.69, 9.17) is 34.7 Å². The maximum absolute atomic E-state index is 13.9. The van der Waals surface area contributed by atoms with Gasteiger partial charge in [-0.3, -0.25) is 27.5 Å². The number of esters is 1. The van der Waals surface area contributed by atoms with E-state index in [9.17, 15) is 56.5 Å². The summed E-state index contributed by atoms with van der Waals surface area (Å²) in [6, 6.07) is 3.44. The van der Waals surface area contributed by atoms with Crippen molar-refractivity contribution in [1.82, 2.24) is 34.4 Å². The van der Waals surface area contributed by atoms with E-state index in [0.29, 0.717) is 0 Å². The van der Waals surface area contributed by atoms with E-state index in [1.54, 1.807) is 0 Å². The van der Waals surface area contributed by atoms with Crippen molar-refractivity contribution in [3.05, 3.63) is 83.4 Å². The Balaban J connectivity index is 1.25. The van der Waals surface area contributed by atoms with E-state index in [0.717, 1.165) is 41.5 Å². The minimum Gasteiger partial charge on any atom is -0.455 e. The number of halogens is 3. The van der Waals surface area contributed by atoms with Gasteiger partial charge in [0.2, 0.25) is 5.91 Å². The molecular weight excluding hydrogens is 893 g/mol. The zero-order chi connectivity index (χ0) is 45.9. The van der Waals surface area contributed by atoms with E-state index in [1.807, 2.05) is 0 Å². The minimum atomic E-state index is -5.31. The number of hydrogen-bond donors (Lipinski definition) is 7. The average Bonchev–Trinajstić information content (AvgIpc) is 3.90. The molecule has 4 aromatic rings. The summed E-state index contributed by atoms with van der Waals surface area (Å²) in [4.78, 5) is 84.5. The topological polar surface area (TPSA) is 347 Å². The molecule has 0 spiro atoms. The van der Waals surface area contributed by atoms with Crippen molar-refractivity contribution >= 4 is 50.3 Å². The number of alkyl halides is 3. The summed E-state index contributed by atoms with van der Waals surface area (Å²) in [6.45, 7) is 1.66. The number of aliphatic hydroxyl groups is 1. The van der Waals surface area contributed by atoms with Crippen molar-refractivity contribution in [3.63, 3.8) is 0 Å². The molecule has 63 heavy (non-hydrogen) atoms. The van der Waals surface area contributed by atoms with Crippen LogP contribution in [0.15, 0.2) is 66.6 Å². The van der Waals surface area contributed by atoms with Crippen LogP contribution < -0.4 is 22.5 Å². The third-order valence-electron chi connectivity index (χ3n) is 9.56. The van der Waals surface area contributed by atoms with Crippen LogP contribution in [0.25, 0.3) is 11.2 Å². The number of aliphatic hydroxyl groups excluding tert-OH is 1. The number of nitrogen functional groups attached to an aromatic ring is 2. The lowest BCUT2D eigenvalue weighted by Gasteiger charge is -2.25. The molecule has 342 valence electrons. The van der Waals surface area contributed by atoms with Crippen LogP contribution in [0.2, 0.25) is 0 Å². The number of nitrogens with zero attached hydrogens (tertiary/aromatic N) is 6. The molecule has 5 heterocycles. The summed E-state index contributed by atoms with van der Waals surface area (Å²) < 4.78 is 99.5. The number of nitrogens with two attached hydrogens (primary N) is 2. The highest BCUT2D eigenvalue weighted by Gasteiger charge is 2.50. The van der Waals surface area contributed by atoms with E-state index < -0.39 is 114 Å². The van der Waals surface area contributed by atoms with Crippen molar-refractivity contribution in [3.8, 4) is 0 Å². The first-order valence-electron chi connectivity index (χ1n) is 18.5. The van der Waals surface area contributed by atoms with Gasteiger partial charge in [-0.25, -0.2) is 33.7 Å². The number of phosphoric ester groups is 2. The van der Waals surface area contributed by atoms with Crippen molar-refractivity contribution in [1.29, 1.82) is 0 Å². The molecule has 9 N–H and O–H groups in total. The normalized spacial score (nSPS) is 24.2. The second-order valence-electron chi connectivity index (χ2n) is 14.0. The lowest BCUT2D eigenvalue weighted by Crippen LogP contribution is -2.47. The Kier molecular flexibility index (Phi) is 14.5. The standard InChI is InChI=1S/C34H40F3N9O15P2/c1-2-3-4-24(47)43-19(11-17-5-7-18(8-6-17)34(35,36)37)32(49)60-28-22(59-31(27(28)48)46-16-42-26-29(39)40-15-41-30(26)46)14-57-63(54,55)61-20-12-25(45-10-9-23(38)44-33(45)50)58-21(20)13-56-62(51,52)53/h2,5-10,15-16,19-22,25,27-28,31,48H,1,3-4,11-14H2,(H,43,47)(H,54,55)(H2,38,44,50)(H2,39,40,41)(H2,51,52,53)/t19?,20-,21-,22+,25+,27+,28+,31+/m0/s1. The van der Waals surface area contributed by atoms with Crippen molar-refractivity contribution in [2.24, 2.45) is 0 Å². The first kappa shape index (κ1) is 47.3. The summed E-state index contributed by atoms with van der Waals surface area (Å²) in [5.74, 6) is -2.06. The van der Waals surface area contributed by atoms with Crippen LogP contribution >= 0.6 is 15.6 Å². The third-order valence-corrected chi connectivity index (χ3v) is 11.1. The molecule has 24 nitrogen and oxygen atoms in total. The first-order valence-corrected chi connectivity index (χ1v) is 21.5. The number of ether oxygens (including phenoxy) is 3. The smallest absolute Gasteiger partial charge is 0.455 e. The second kappa shape index (κ2) is 19.3. The van der Waals surface area contributed by atoms with Gasteiger partial charge in [0.15, 0.2) is 23.8 Å². The highest BCUT2D eigenvalue weighted by Crippen LogP contribution is 2.50. The quantitative estimate of drug-likeness (QED) is 0.0416. The summed E-state index contributed by atoms with van der Waals surface area (Å²) in [5.41, 5.74) is 9.90. The van der Waals surface area contributed by atoms with E-state index >= 15 is 0 Å². The fourth-order valence-electron chi connectivity index (χ4n) is 6.58. The van der Waals surface area contributed by atoms with Crippen LogP contribution in [0, 0.1) is 0 Å². The van der Waals surface area contributed by atoms with Gasteiger partial charge >= 0.3 is 33.5 Å². The van der Waals surface area contributed by atoms with Crippen LogP contribution in [-0.2, 0) is 59.1 Å². The molecule has 9 atom stereocenters. The number of fused-ring (bicyclic) bond motifs is 1. The number of carbonyl (C=O) groups is 2. The molecule has 29 heteroatoms. The summed E-state index contributed by atoms with van der Waals surface area (Å²) in [6.07, 6.45) is -11.6. The Morgan fingerprint density at radius 2 is 1.75 bits per heavy atom. The molecule has 2 aliphatic rings. The summed E-state index contributed by atoms with van der Waals surface area (Å²) in [7, 11) is -10.4. The maximum Gasteiger partial charge on any atom is 0.472 e. The Labute approximate surface area is 352 Å². The van der Waals surface area contributed by atoms with Crippen molar-refractivity contribution < 1.29 is 79.5 Å². The number of carbonyl (C=O) groups excluding carboxylic acids is 2. The highest BCUT2D eigenvalue weighted by molar-refractivity contribution is 7.47. The first-order chi connectivity index (χ1) is 29.6. The number of aromatic nitrogens is 6. The third kappa shape index (κ3) is 11.9. The van der Waals surface area contributed by atoms with Gasteiger partial charge in [-0.15, -0.1) is 6.58 Å². The molecule has 1 amide bonds. The zero-order valence-electron chi connectivity index (χ0n) is 32.4. The molecule has 2 aliphatic heterocycles. The number of hydrogen-bond acceptors (Lipinski definition) is 18. The molecule has 1 aromatic carbocycles. The predicted molar refractivity (Wildman–Crippen MR) is 206 cm³/mol. The van der Waals surface area contributed by atoms with Gasteiger partial charge in [0.25, 0.3) is 0 Å². The van der Waals surface area contributed by atoms with Crippen LogP contribution in [-0.4, -0.2) is 111 Å². The van der Waals surface area contributed by atoms with Crippen LogP contribution in [0.4, 0.5) is 24.8 Å². The largest absolute Gasteiger partial charge is 0.472 e. The van der Waals surface area contributed by atoms with Gasteiger partial charge in [-0.2, -0.15) is 18.2 Å². The Morgan fingerprint density at radius 3 is 2.41 bits per heavy atom. The van der Waals surface area contributed by atoms with Gasteiger partial charge in [-0.1, -0.05) is 18.2 Å². The predicted octanol–water partition coefficient (Wildman–Crippen LogP) is 1.03. The van der Waals surface area contributed by atoms with Gasteiger partial charge in [0.05, 0.1) is 25.1 Å². The van der Waals surface area contributed by atoms with Gasteiger partial charge in [-0.05, 0) is 30.2 Å². The van der Waals surface area contributed by atoms with Crippen molar-refractivity contribution in [2.45, 2.75) is 80.9 Å². The lowest BCUT2D eigenvalue weighted by molar-refractivity contribution is -0.160. The molecular formula is C34H40F3N9O15P2. The van der Waals surface area contributed by atoms with Crippen LogP contribution in [0.5, 0.6) is 0 Å². The number of nitrogens with one attached hydrogen (secondary N) is 1. The van der Waals surface area contributed by atoms with E-state index in [1.165, 1.54) is 22.9 Å². The van der Waals surface area contributed by atoms with E-state index in [-0.39, 0.29) is 47.6 Å². The summed E-state index contributed by atoms with van der Waals surface area (Å²) in [5, 5.41) is 14.1. The van der Waals surface area contributed by atoms with Crippen molar-refractivity contribution in [2.75, 3.05) is 24.7 Å². The molecule has 0 radical (unpaired) electrons. The molecule has 0 bridgehead atoms. The van der Waals surface area contributed by atoms with Gasteiger partial charge < -0.3 is 50.8 Å². The Bertz CT molecular complexity index is 2460. The Hall–Kier alpha value is -5.18. The number of benzene rings is 1. The summed E-state index contributed by atoms with van der Waals surface area (Å²) >= 11 is 0. The van der Waals surface area contributed by atoms with Crippen LogP contribution in [0.1, 0.15) is 42.8 Å². The molecule has 2 fully saturated rings. The minimum absolute atomic E-state index is 0.0405. The van der Waals surface area contributed by atoms with E-state index in [2.05, 4.69) is 36.4 Å². The maximum atomic E-state index is 13.9. The number of rotatable bonds is 18. The number of imidazole rings is 1. The fourth-order valence-corrected chi connectivity index (χ4v) is 7.88. The second-order valence-corrected chi connectivity index (χ2v) is 16.6. The molecule has 2 saturated heterocycles. The molecule has 2 unspecified atom stereocenters. The van der Waals surface area contributed by atoms with Gasteiger partial charge in [0.1, 0.15) is 54.3 Å². The monoisotopic (exact) mass is 933 g/mol. The fraction of sp³-hybridized carbons (Fsp3) is 0.441. The molecule has 3 aromatic heterocycles. The number of amides is 1. The Morgan fingerprint density at radius 1 is 1.03 bits per heavy atom. The number of phosphoric acid groups is 2. The average molecular weight is 934 g/mol. The highest BCUT2D eigenvalue weighted by atomic mass is 31.2. The lowest BCUT2D eigenvalue weighted by atomic mass is 10.0. The van der Waals surface area contributed by atoms with Crippen LogP contribution in [0.3, 0.4) is 0 Å². The number of allylic oxidation sites excluding steroid dienone is 1. The molecule has 0 saturated carbocycles. The SMILES string of the molecule is C=CCCC(=O)NC(Cc1ccc(C(F)(F)F)cc1)C(=O)O[C@H]1[C@@H](O)[C@H](n2cnc3c(N)ncnc32)O[C@@H]1COP(=O)(O)O[C@H]1C[C@H](n2ccc(N)nc2=O)O[C@H]1COP(=O)(O)O. The molecule has 6 rings (SSSR count). The zero-order valence-corrected chi connectivity index (χ0v) is 34.2. The number of anilines is 2.